The fraction of sp³-hybridized carbons (Fsp3) is 0.364. The van der Waals surface area contributed by atoms with E-state index in [1.807, 2.05) is 37.3 Å². The molecule has 0 radical (unpaired) electrons. The maximum atomic E-state index is 13.5. The number of nitrogens with zero attached hydrogens (tertiary/aromatic N) is 2. The number of hydrogen-bond acceptors (Lipinski definition) is 3. The molecule has 3 rings (SSSR count). The normalized spacial score (nSPS) is 21.1. The van der Waals surface area contributed by atoms with Crippen LogP contribution in [0.15, 0.2) is 54.6 Å². The summed E-state index contributed by atoms with van der Waals surface area (Å²) in [7, 11) is 0. The standard InChI is InChI=1S/C22H25FN2O3/c1-3-24(22(28)17-10-7-11-18(23)12-17)13-19-21(16-8-5-4-6-9-16)20(14-26)25(19)15(2)27/h4-12,19-21,26H,3,13-14H2,1-2H3/t19-,20+,21-/m0/s1. The summed E-state index contributed by atoms with van der Waals surface area (Å²) in [4.78, 5) is 28.4. The molecule has 0 aromatic heterocycles. The quantitative estimate of drug-likeness (QED) is 0.833. The van der Waals surface area contributed by atoms with Gasteiger partial charge in [-0.25, -0.2) is 4.39 Å². The van der Waals surface area contributed by atoms with Crippen LogP contribution in [0.3, 0.4) is 0 Å². The number of aliphatic hydroxyl groups excluding tert-OH is 1. The fourth-order valence-electron chi connectivity index (χ4n) is 4.12. The Hall–Kier alpha value is -2.73. The van der Waals surface area contributed by atoms with Gasteiger partial charge in [0.2, 0.25) is 5.91 Å². The average Bonchev–Trinajstić information content (AvgIpc) is 2.67. The third-order valence-electron chi connectivity index (χ3n) is 5.43. The third-order valence-corrected chi connectivity index (χ3v) is 5.43. The minimum Gasteiger partial charge on any atom is -0.394 e. The maximum Gasteiger partial charge on any atom is 0.254 e. The second kappa shape index (κ2) is 8.52. The summed E-state index contributed by atoms with van der Waals surface area (Å²) < 4.78 is 13.5. The van der Waals surface area contributed by atoms with E-state index in [0.29, 0.717) is 13.1 Å². The van der Waals surface area contributed by atoms with Crippen LogP contribution in [-0.2, 0) is 4.79 Å². The zero-order valence-electron chi connectivity index (χ0n) is 16.1. The molecule has 0 saturated carbocycles. The van der Waals surface area contributed by atoms with E-state index in [1.54, 1.807) is 15.9 Å². The molecule has 3 atom stereocenters. The van der Waals surface area contributed by atoms with Crippen molar-refractivity contribution in [2.24, 2.45) is 0 Å². The molecule has 5 nitrogen and oxygen atoms in total. The molecule has 1 heterocycles. The number of amides is 2. The van der Waals surface area contributed by atoms with E-state index in [-0.39, 0.29) is 42.0 Å². The summed E-state index contributed by atoms with van der Waals surface area (Å²) in [6.45, 7) is 3.95. The maximum absolute atomic E-state index is 13.5. The molecule has 6 heteroatoms. The SMILES string of the molecule is CCN(C[C@H]1[C@H](c2ccccc2)[C@@H](CO)N1C(C)=O)C(=O)c1cccc(F)c1. The first-order valence-electron chi connectivity index (χ1n) is 9.47. The molecule has 1 aliphatic heterocycles. The molecule has 2 aromatic rings. The molecule has 1 saturated heterocycles. The minimum atomic E-state index is -0.460. The molecule has 0 spiro atoms. The minimum absolute atomic E-state index is 0.0653. The van der Waals surface area contributed by atoms with Crippen LogP contribution >= 0.6 is 0 Å². The highest BCUT2D eigenvalue weighted by Crippen LogP contribution is 2.41. The Morgan fingerprint density at radius 3 is 2.39 bits per heavy atom. The Bertz CT molecular complexity index is 843. The van der Waals surface area contributed by atoms with Crippen LogP contribution in [0.5, 0.6) is 0 Å². The van der Waals surface area contributed by atoms with Crippen LogP contribution in [0.2, 0.25) is 0 Å². The molecule has 0 unspecified atom stereocenters. The lowest BCUT2D eigenvalue weighted by Crippen LogP contribution is -2.68. The van der Waals surface area contributed by atoms with Gasteiger partial charge >= 0.3 is 0 Å². The van der Waals surface area contributed by atoms with E-state index in [9.17, 15) is 19.1 Å². The smallest absolute Gasteiger partial charge is 0.254 e. The zero-order chi connectivity index (χ0) is 20.3. The van der Waals surface area contributed by atoms with Gasteiger partial charge in [0.1, 0.15) is 5.82 Å². The topological polar surface area (TPSA) is 60.9 Å². The summed E-state index contributed by atoms with van der Waals surface area (Å²) in [5.41, 5.74) is 1.31. The van der Waals surface area contributed by atoms with Crippen LogP contribution in [-0.4, -0.2) is 58.5 Å². The Morgan fingerprint density at radius 1 is 1.11 bits per heavy atom. The van der Waals surface area contributed by atoms with Gasteiger partial charge in [0.25, 0.3) is 5.91 Å². The van der Waals surface area contributed by atoms with Gasteiger partial charge in [0, 0.05) is 31.5 Å². The number of benzene rings is 2. The van der Waals surface area contributed by atoms with Crippen molar-refractivity contribution in [3.05, 3.63) is 71.5 Å². The lowest BCUT2D eigenvalue weighted by Gasteiger charge is -2.55. The van der Waals surface area contributed by atoms with Crippen LogP contribution in [0.1, 0.15) is 35.7 Å². The van der Waals surface area contributed by atoms with E-state index in [4.69, 9.17) is 0 Å². The molecular formula is C22H25FN2O3. The molecular weight excluding hydrogens is 359 g/mol. The van der Waals surface area contributed by atoms with Crippen LogP contribution in [0.25, 0.3) is 0 Å². The van der Waals surface area contributed by atoms with Gasteiger partial charge in [-0.1, -0.05) is 36.4 Å². The summed E-state index contributed by atoms with van der Waals surface area (Å²) in [5.74, 6) is -0.932. The fourth-order valence-corrected chi connectivity index (χ4v) is 4.12. The third kappa shape index (κ3) is 3.78. The number of rotatable bonds is 6. The summed E-state index contributed by atoms with van der Waals surface area (Å²) >= 11 is 0. The number of halogens is 1. The van der Waals surface area contributed by atoms with Crippen molar-refractivity contribution < 1.29 is 19.1 Å². The second-order valence-corrected chi connectivity index (χ2v) is 7.03. The van der Waals surface area contributed by atoms with Gasteiger partial charge in [-0.2, -0.15) is 0 Å². The Morgan fingerprint density at radius 2 is 1.82 bits per heavy atom. The predicted molar refractivity (Wildman–Crippen MR) is 104 cm³/mol. The van der Waals surface area contributed by atoms with Crippen molar-refractivity contribution in [3.63, 3.8) is 0 Å². The van der Waals surface area contributed by atoms with E-state index >= 15 is 0 Å². The van der Waals surface area contributed by atoms with Gasteiger partial charge < -0.3 is 14.9 Å². The molecule has 148 valence electrons. The molecule has 0 bridgehead atoms. The first-order valence-corrected chi connectivity index (χ1v) is 9.47. The van der Waals surface area contributed by atoms with Crippen LogP contribution < -0.4 is 0 Å². The lowest BCUT2D eigenvalue weighted by atomic mass is 9.74. The van der Waals surface area contributed by atoms with E-state index < -0.39 is 5.82 Å². The number of likely N-dealkylation sites (tertiary alicyclic amines) is 1. The Kier molecular flexibility index (Phi) is 6.09. The van der Waals surface area contributed by atoms with Crippen LogP contribution in [0, 0.1) is 5.82 Å². The first-order chi connectivity index (χ1) is 13.5. The van der Waals surface area contributed by atoms with Crippen molar-refractivity contribution >= 4 is 11.8 Å². The Balaban J connectivity index is 1.87. The summed E-state index contributed by atoms with van der Waals surface area (Å²) in [6, 6.07) is 14.8. The highest BCUT2D eigenvalue weighted by Gasteiger charge is 2.50. The van der Waals surface area contributed by atoms with Gasteiger partial charge in [0.15, 0.2) is 0 Å². The molecule has 2 amide bonds. The number of likely N-dealkylation sites (N-methyl/N-ethyl adjacent to an activating group) is 1. The van der Waals surface area contributed by atoms with Crippen molar-refractivity contribution in [2.75, 3.05) is 19.7 Å². The lowest BCUT2D eigenvalue weighted by molar-refractivity contribution is -0.149. The van der Waals surface area contributed by atoms with Gasteiger partial charge in [-0.15, -0.1) is 0 Å². The van der Waals surface area contributed by atoms with E-state index in [0.717, 1.165) is 5.56 Å². The number of carbonyl (C=O) groups excluding carboxylic acids is 2. The second-order valence-electron chi connectivity index (χ2n) is 7.03. The number of carbonyl (C=O) groups is 2. The molecule has 1 aliphatic rings. The molecule has 28 heavy (non-hydrogen) atoms. The summed E-state index contributed by atoms with van der Waals surface area (Å²) in [6.07, 6.45) is 0. The average molecular weight is 384 g/mol. The zero-order valence-corrected chi connectivity index (χ0v) is 16.1. The van der Waals surface area contributed by atoms with Crippen molar-refractivity contribution in [2.45, 2.75) is 31.8 Å². The Labute approximate surface area is 164 Å². The number of hydrogen-bond donors (Lipinski definition) is 1. The van der Waals surface area contributed by atoms with Gasteiger partial charge in [-0.3, -0.25) is 9.59 Å². The van der Waals surface area contributed by atoms with E-state index in [2.05, 4.69) is 0 Å². The van der Waals surface area contributed by atoms with Crippen molar-refractivity contribution in [1.29, 1.82) is 0 Å². The summed E-state index contributed by atoms with van der Waals surface area (Å²) in [5, 5.41) is 9.85. The first kappa shape index (κ1) is 20.0. The highest BCUT2D eigenvalue weighted by atomic mass is 19.1. The van der Waals surface area contributed by atoms with Crippen molar-refractivity contribution in [1.82, 2.24) is 9.80 Å². The largest absolute Gasteiger partial charge is 0.394 e. The van der Waals surface area contributed by atoms with Crippen molar-refractivity contribution in [3.8, 4) is 0 Å². The predicted octanol–water partition coefficient (Wildman–Crippen LogP) is 2.66. The number of aliphatic hydroxyl groups is 1. The molecule has 1 N–H and O–H groups in total. The van der Waals surface area contributed by atoms with Gasteiger partial charge in [0.05, 0.1) is 18.7 Å². The molecule has 2 aromatic carbocycles. The van der Waals surface area contributed by atoms with E-state index in [1.165, 1.54) is 25.1 Å². The van der Waals surface area contributed by atoms with Gasteiger partial charge in [-0.05, 0) is 30.7 Å². The van der Waals surface area contributed by atoms with Crippen LogP contribution in [0.4, 0.5) is 4.39 Å². The molecule has 1 fully saturated rings. The highest BCUT2D eigenvalue weighted by molar-refractivity contribution is 5.94. The molecule has 0 aliphatic carbocycles. The monoisotopic (exact) mass is 384 g/mol.